The second kappa shape index (κ2) is 6.71. The Morgan fingerprint density at radius 2 is 1.17 bits per heavy atom. The average molecular weight is 449 g/mol. The van der Waals surface area contributed by atoms with Crippen molar-refractivity contribution in [3.8, 4) is 5.75 Å². The van der Waals surface area contributed by atoms with E-state index in [0.29, 0.717) is 5.19 Å². The molecule has 0 aromatic heterocycles. The summed E-state index contributed by atoms with van der Waals surface area (Å²) in [5.74, 6) is -0.251. The Balaban J connectivity index is 2.21. The molecule has 4 aromatic carbocycles. The van der Waals surface area contributed by atoms with E-state index >= 15 is 0 Å². The molecule has 3 nitrogen and oxygen atoms in total. The summed E-state index contributed by atoms with van der Waals surface area (Å²) >= 11 is 0. The Labute approximate surface area is 173 Å². The topological polar surface area (TPSA) is 43.4 Å². The van der Waals surface area contributed by atoms with Crippen molar-refractivity contribution in [2.45, 2.75) is 25.1 Å². The molecule has 4 aromatic rings. The Morgan fingerprint density at radius 1 is 0.733 bits per heavy atom. The Hall–Kier alpha value is -2.58. The van der Waals surface area contributed by atoms with Crippen LogP contribution in [-0.4, -0.2) is 22.0 Å². The van der Waals surface area contributed by atoms with Gasteiger partial charge in [0.05, 0.1) is 8.07 Å². The van der Waals surface area contributed by atoms with Gasteiger partial charge in [0.1, 0.15) is 5.75 Å². The molecule has 0 aliphatic rings. The first-order valence-corrected chi connectivity index (χ1v) is 14.2. The fraction of sp³-hybridized carbons (Fsp3) is 0.182. The SMILES string of the molecule is C[Si](C)(C)c1c(OS(=O)(=O)C(F)(F)F)ccc2c3ccccc3c3ccccc3c12. The smallest absolute Gasteiger partial charge is 0.376 e. The van der Waals surface area contributed by atoms with Crippen LogP contribution < -0.4 is 9.37 Å². The van der Waals surface area contributed by atoms with Crippen LogP contribution in [0, 0.1) is 0 Å². The van der Waals surface area contributed by atoms with Crippen LogP contribution in [0.2, 0.25) is 19.6 Å². The first kappa shape index (κ1) is 20.7. The number of hydrogen-bond acceptors (Lipinski definition) is 3. The first-order valence-electron chi connectivity index (χ1n) is 9.29. The van der Waals surface area contributed by atoms with Gasteiger partial charge in [0, 0.05) is 0 Å². The lowest BCUT2D eigenvalue weighted by molar-refractivity contribution is -0.0499. The average Bonchev–Trinajstić information content (AvgIpc) is 2.66. The molecule has 0 unspecified atom stereocenters. The number of fused-ring (bicyclic) bond motifs is 6. The minimum atomic E-state index is -5.78. The van der Waals surface area contributed by atoms with E-state index < -0.39 is 23.7 Å². The second-order valence-electron chi connectivity index (χ2n) is 8.19. The van der Waals surface area contributed by atoms with Gasteiger partial charge in [0.15, 0.2) is 0 Å². The predicted molar refractivity (Wildman–Crippen MR) is 118 cm³/mol. The molecule has 8 heteroatoms. The zero-order valence-electron chi connectivity index (χ0n) is 16.5. The van der Waals surface area contributed by atoms with Crippen LogP contribution in [0.4, 0.5) is 13.2 Å². The maximum atomic E-state index is 13.0. The van der Waals surface area contributed by atoms with Crippen molar-refractivity contribution < 1.29 is 25.8 Å². The monoisotopic (exact) mass is 448 g/mol. The highest BCUT2D eigenvalue weighted by molar-refractivity contribution is 7.88. The van der Waals surface area contributed by atoms with E-state index in [1.165, 1.54) is 6.07 Å². The maximum absolute atomic E-state index is 13.0. The van der Waals surface area contributed by atoms with Crippen LogP contribution in [0.1, 0.15) is 0 Å². The lowest BCUT2D eigenvalue weighted by Crippen LogP contribution is -2.41. The van der Waals surface area contributed by atoms with Gasteiger partial charge in [-0.05, 0) is 43.6 Å². The molecule has 156 valence electrons. The number of benzene rings is 4. The normalized spacial score (nSPS) is 13.3. The van der Waals surface area contributed by atoms with Crippen LogP contribution in [0.5, 0.6) is 5.75 Å². The molecule has 0 spiro atoms. The van der Waals surface area contributed by atoms with Gasteiger partial charge in [-0.1, -0.05) is 74.2 Å². The van der Waals surface area contributed by atoms with E-state index in [9.17, 15) is 21.6 Å². The van der Waals surface area contributed by atoms with Gasteiger partial charge < -0.3 is 4.18 Å². The Bertz CT molecular complexity index is 1370. The first-order chi connectivity index (χ1) is 13.9. The highest BCUT2D eigenvalue weighted by Gasteiger charge is 2.49. The summed E-state index contributed by atoms with van der Waals surface area (Å²) in [5, 5.41) is 5.95. The molecule has 0 saturated heterocycles. The minimum Gasteiger partial charge on any atom is -0.376 e. The molecular formula is C22H19F3O3SSi. The van der Waals surface area contributed by atoms with E-state index in [-0.39, 0.29) is 5.75 Å². The largest absolute Gasteiger partial charge is 0.534 e. The molecule has 0 atom stereocenters. The van der Waals surface area contributed by atoms with Crippen LogP contribution in [0.15, 0.2) is 60.7 Å². The van der Waals surface area contributed by atoms with E-state index in [4.69, 9.17) is 0 Å². The zero-order chi connectivity index (χ0) is 21.9. The van der Waals surface area contributed by atoms with Crippen molar-refractivity contribution in [2.24, 2.45) is 0 Å². The van der Waals surface area contributed by atoms with Crippen LogP contribution in [0.25, 0.3) is 32.3 Å². The van der Waals surface area contributed by atoms with Gasteiger partial charge in [0.25, 0.3) is 0 Å². The molecule has 4 rings (SSSR count). The molecule has 0 radical (unpaired) electrons. The molecule has 0 aliphatic carbocycles. The van der Waals surface area contributed by atoms with Gasteiger partial charge >= 0.3 is 15.6 Å². The van der Waals surface area contributed by atoms with Crippen molar-refractivity contribution >= 4 is 55.7 Å². The summed E-state index contributed by atoms with van der Waals surface area (Å²) in [5.41, 5.74) is -5.50. The summed E-state index contributed by atoms with van der Waals surface area (Å²) < 4.78 is 67.3. The van der Waals surface area contributed by atoms with Crippen LogP contribution in [0.3, 0.4) is 0 Å². The van der Waals surface area contributed by atoms with Gasteiger partial charge in [-0.3, -0.25) is 0 Å². The van der Waals surface area contributed by atoms with Gasteiger partial charge in [0.2, 0.25) is 0 Å². The van der Waals surface area contributed by atoms with Crippen molar-refractivity contribution in [3.05, 3.63) is 60.7 Å². The highest BCUT2D eigenvalue weighted by Crippen LogP contribution is 2.38. The summed E-state index contributed by atoms with van der Waals surface area (Å²) in [6, 6.07) is 18.5. The van der Waals surface area contributed by atoms with Crippen molar-refractivity contribution in [1.29, 1.82) is 0 Å². The Morgan fingerprint density at radius 3 is 1.63 bits per heavy atom. The third kappa shape index (κ3) is 3.24. The minimum absolute atomic E-state index is 0.251. The van der Waals surface area contributed by atoms with E-state index in [1.807, 2.05) is 68.2 Å². The lowest BCUT2D eigenvalue weighted by atomic mass is 9.94. The molecule has 0 N–H and O–H groups in total. The quantitative estimate of drug-likeness (QED) is 0.169. The summed E-state index contributed by atoms with van der Waals surface area (Å²) in [6.07, 6.45) is 0. The highest BCUT2D eigenvalue weighted by atomic mass is 32.2. The predicted octanol–water partition coefficient (Wildman–Crippen LogP) is 5.92. The molecule has 0 bridgehead atoms. The number of rotatable bonds is 3. The molecule has 0 fully saturated rings. The van der Waals surface area contributed by atoms with Gasteiger partial charge in [-0.15, -0.1) is 0 Å². The number of alkyl halides is 3. The summed E-state index contributed by atoms with van der Waals surface area (Å²) in [4.78, 5) is 0. The van der Waals surface area contributed by atoms with Crippen molar-refractivity contribution in [2.75, 3.05) is 0 Å². The third-order valence-electron chi connectivity index (χ3n) is 5.10. The van der Waals surface area contributed by atoms with Crippen molar-refractivity contribution in [3.63, 3.8) is 0 Å². The van der Waals surface area contributed by atoms with Crippen LogP contribution in [-0.2, 0) is 10.1 Å². The number of halogens is 3. The van der Waals surface area contributed by atoms with E-state index in [1.54, 1.807) is 6.07 Å². The number of hydrogen-bond donors (Lipinski definition) is 0. The zero-order valence-corrected chi connectivity index (χ0v) is 18.4. The maximum Gasteiger partial charge on any atom is 0.534 e. The molecular weight excluding hydrogens is 429 g/mol. The van der Waals surface area contributed by atoms with E-state index in [2.05, 4.69) is 4.18 Å². The van der Waals surface area contributed by atoms with Crippen LogP contribution >= 0.6 is 0 Å². The molecule has 30 heavy (non-hydrogen) atoms. The summed E-state index contributed by atoms with van der Waals surface area (Å²) in [7, 11) is -8.14. The fourth-order valence-corrected chi connectivity index (χ4v) is 6.39. The van der Waals surface area contributed by atoms with E-state index in [0.717, 1.165) is 32.3 Å². The molecule has 0 saturated carbocycles. The van der Waals surface area contributed by atoms with Crippen molar-refractivity contribution in [1.82, 2.24) is 0 Å². The Kier molecular flexibility index (Phi) is 4.63. The van der Waals surface area contributed by atoms with Gasteiger partial charge in [-0.2, -0.15) is 21.6 Å². The molecule has 0 aliphatic heterocycles. The molecule has 0 heterocycles. The molecule has 0 amide bonds. The standard InChI is InChI=1S/C22H19F3O3SSi/c1-30(2,3)21-19(28-29(26,27)22(23,24)25)13-12-18-16-10-5-4-8-14(16)15-9-6-7-11-17(15)20(18)21/h4-13H,1-3H3. The fourth-order valence-electron chi connectivity index (χ4n) is 3.96. The third-order valence-corrected chi connectivity index (χ3v) is 8.07. The van der Waals surface area contributed by atoms with Gasteiger partial charge in [-0.25, -0.2) is 0 Å². The summed E-state index contributed by atoms with van der Waals surface area (Å²) in [6.45, 7) is 5.87. The second-order valence-corrected chi connectivity index (χ2v) is 14.7. The lowest BCUT2D eigenvalue weighted by Gasteiger charge is -2.25.